The van der Waals surface area contributed by atoms with Crippen LogP contribution in [0.1, 0.15) is 33.1 Å². The molecule has 0 aromatic rings. The number of hydrogen-bond acceptors (Lipinski definition) is 4. The van der Waals surface area contributed by atoms with Crippen LogP contribution in [0.15, 0.2) is 0 Å². The Bertz CT molecular complexity index is 268. The van der Waals surface area contributed by atoms with E-state index in [0.29, 0.717) is 19.4 Å². The van der Waals surface area contributed by atoms with E-state index in [9.17, 15) is 13.0 Å². The van der Waals surface area contributed by atoms with Gasteiger partial charge in [0.25, 0.3) is 10.0 Å². The van der Waals surface area contributed by atoms with Crippen molar-refractivity contribution in [3.05, 3.63) is 6.67 Å². The van der Waals surface area contributed by atoms with Gasteiger partial charge in [-0.2, -0.15) is 4.72 Å². The van der Waals surface area contributed by atoms with Crippen LogP contribution in [0.2, 0.25) is 0 Å². The summed E-state index contributed by atoms with van der Waals surface area (Å²) in [4.78, 5) is 0. The standard InChI is InChI=1S/C9H21N2O3S2/c1-4-6-9(15(3)12)16(13,14)11-8-10-7-5-2/h8-11H,4-7H2,1-3H3. The smallest absolute Gasteiger partial charge is 0.262 e. The van der Waals surface area contributed by atoms with Gasteiger partial charge in [-0.1, -0.05) is 20.3 Å². The van der Waals surface area contributed by atoms with Crippen LogP contribution in [0.5, 0.6) is 0 Å². The molecule has 7 heteroatoms. The van der Waals surface area contributed by atoms with Gasteiger partial charge in [0, 0.05) is 6.42 Å². The van der Waals surface area contributed by atoms with Crippen LogP contribution in [-0.4, -0.2) is 30.4 Å². The van der Waals surface area contributed by atoms with Gasteiger partial charge in [0.2, 0.25) is 4.58 Å². The Hall–Kier alpha value is 0.180. The molecule has 2 unspecified atom stereocenters. The van der Waals surface area contributed by atoms with Crippen molar-refractivity contribution in [2.45, 2.75) is 37.7 Å². The highest BCUT2D eigenvalue weighted by Crippen LogP contribution is 2.13. The molecule has 0 bridgehead atoms. The van der Waals surface area contributed by atoms with Gasteiger partial charge in [-0.3, -0.25) is 5.32 Å². The van der Waals surface area contributed by atoms with E-state index in [4.69, 9.17) is 0 Å². The molecule has 0 rings (SSSR count). The Balaban J connectivity index is 4.26. The molecule has 1 radical (unpaired) electrons. The fraction of sp³-hybridized carbons (Fsp3) is 0.889. The highest BCUT2D eigenvalue weighted by molar-refractivity contribution is 8.07. The van der Waals surface area contributed by atoms with E-state index in [1.165, 1.54) is 12.9 Å². The number of sulfonamides is 1. The summed E-state index contributed by atoms with van der Waals surface area (Å²) in [6, 6.07) is 0. The highest BCUT2D eigenvalue weighted by Gasteiger charge is 2.32. The third-order valence-electron chi connectivity index (χ3n) is 1.96. The van der Waals surface area contributed by atoms with Crippen LogP contribution >= 0.6 is 0 Å². The quantitative estimate of drug-likeness (QED) is 0.472. The summed E-state index contributed by atoms with van der Waals surface area (Å²) in [5, 5.41) is 2.81. The Labute approximate surface area is 102 Å². The average molecular weight is 269 g/mol. The maximum atomic E-state index is 11.7. The lowest BCUT2D eigenvalue weighted by molar-refractivity contribution is 0.561. The zero-order valence-corrected chi connectivity index (χ0v) is 11.7. The van der Waals surface area contributed by atoms with Crippen LogP contribution < -0.4 is 10.0 Å². The maximum absolute atomic E-state index is 11.7. The average Bonchev–Trinajstić information content (AvgIpc) is 2.20. The Morgan fingerprint density at radius 2 is 2.00 bits per heavy atom. The molecule has 0 aromatic heterocycles. The molecule has 97 valence electrons. The van der Waals surface area contributed by atoms with Crippen molar-refractivity contribution >= 4 is 21.2 Å². The van der Waals surface area contributed by atoms with Crippen LogP contribution in [0.4, 0.5) is 0 Å². The molecule has 0 amide bonds. The fourth-order valence-corrected chi connectivity index (χ4v) is 4.26. The van der Waals surface area contributed by atoms with Gasteiger partial charge in [-0.05, 0) is 24.1 Å². The molecular weight excluding hydrogens is 248 g/mol. The summed E-state index contributed by atoms with van der Waals surface area (Å²) < 4.78 is 36.3. The summed E-state index contributed by atoms with van der Waals surface area (Å²) in [6.07, 6.45) is 3.42. The summed E-state index contributed by atoms with van der Waals surface area (Å²) in [5.74, 6) is 0. The molecule has 2 N–H and O–H groups in total. The van der Waals surface area contributed by atoms with Gasteiger partial charge in [0.1, 0.15) is 6.67 Å². The molecule has 0 aliphatic carbocycles. The van der Waals surface area contributed by atoms with Crippen molar-refractivity contribution < 1.29 is 13.0 Å². The second-order valence-corrected chi connectivity index (χ2v) is 7.24. The molecule has 0 aliphatic heterocycles. The Morgan fingerprint density at radius 3 is 2.44 bits per heavy atom. The zero-order valence-electron chi connectivity index (χ0n) is 10.0. The monoisotopic (exact) mass is 269 g/mol. The third-order valence-corrected chi connectivity index (χ3v) is 5.88. The maximum Gasteiger partial charge on any atom is 0.262 e. The predicted molar refractivity (Wildman–Crippen MR) is 67.4 cm³/mol. The molecule has 0 aromatic carbocycles. The largest absolute Gasteiger partial charge is 0.616 e. The van der Waals surface area contributed by atoms with Crippen LogP contribution in [0, 0.1) is 6.67 Å². The Morgan fingerprint density at radius 1 is 1.38 bits per heavy atom. The van der Waals surface area contributed by atoms with E-state index in [1.54, 1.807) is 0 Å². The first-order valence-electron chi connectivity index (χ1n) is 5.34. The fourth-order valence-electron chi connectivity index (χ4n) is 1.15. The summed E-state index contributed by atoms with van der Waals surface area (Å²) in [6.45, 7) is 5.86. The van der Waals surface area contributed by atoms with Gasteiger partial charge in [-0.15, -0.1) is 0 Å². The predicted octanol–water partition coefficient (Wildman–Crippen LogP) is 0.529. The molecule has 0 fully saturated rings. The van der Waals surface area contributed by atoms with E-state index in [0.717, 1.165) is 6.42 Å². The first-order valence-corrected chi connectivity index (χ1v) is 8.50. The van der Waals surface area contributed by atoms with Gasteiger partial charge in [-0.25, -0.2) is 8.42 Å². The van der Waals surface area contributed by atoms with Crippen molar-refractivity contribution in [2.24, 2.45) is 0 Å². The number of rotatable bonds is 9. The zero-order chi connectivity index (χ0) is 12.6. The second kappa shape index (κ2) is 8.30. The van der Waals surface area contributed by atoms with Crippen molar-refractivity contribution in [3.63, 3.8) is 0 Å². The van der Waals surface area contributed by atoms with Crippen molar-refractivity contribution in [3.8, 4) is 0 Å². The molecular formula is C9H21N2O3S2. The van der Waals surface area contributed by atoms with Crippen molar-refractivity contribution in [1.82, 2.24) is 10.0 Å². The molecule has 0 saturated heterocycles. The lowest BCUT2D eigenvalue weighted by Gasteiger charge is -2.18. The lowest BCUT2D eigenvalue weighted by Crippen LogP contribution is -2.40. The van der Waals surface area contributed by atoms with Crippen LogP contribution in [0.25, 0.3) is 0 Å². The van der Waals surface area contributed by atoms with E-state index >= 15 is 0 Å². The summed E-state index contributed by atoms with van der Waals surface area (Å²) in [5.41, 5.74) is 0. The topological polar surface area (TPSA) is 81.3 Å². The van der Waals surface area contributed by atoms with Crippen molar-refractivity contribution in [2.75, 3.05) is 12.8 Å². The van der Waals surface area contributed by atoms with E-state index < -0.39 is 25.8 Å². The minimum atomic E-state index is -3.53. The van der Waals surface area contributed by atoms with E-state index in [-0.39, 0.29) is 0 Å². The van der Waals surface area contributed by atoms with Crippen LogP contribution in [0.3, 0.4) is 0 Å². The van der Waals surface area contributed by atoms with Gasteiger partial charge in [0.05, 0.1) is 6.26 Å². The number of nitrogens with one attached hydrogen (secondary N) is 2. The molecule has 5 nitrogen and oxygen atoms in total. The molecule has 0 saturated carbocycles. The third kappa shape index (κ3) is 6.05. The molecule has 2 atom stereocenters. The second-order valence-electron chi connectivity index (χ2n) is 3.48. The minimum Gasteiger partial charge on any atom is -0.616 e. The molecule has 0 heterocycles. The van der Waals surface area contributed by atoms with Crippen LogP contribution in [-0.2, 0) is 21.2 Å². The molecule has 16 heavy (non-hydrogen) atoms. The van der Waals surface area contributed by atoms with Gasteiger partial charge >= 0.3 is 0 Å². The highest BCUT2D eigenvalue weighted by atomic mass is 32.3. The summed E-state index contributed by atoms with van der Waals surface area (Å²) in [7, 11) is -3.53. The first kappa shape index (κ1) is 16.2. The van der Waals surface area contributed by atoms with E-state index in [1.807, 2.05) is 13.8 Å². The van der Waals surface area contributed by atoms with Crippen molar-refractivity contribution in [1.29, 1.82) is 0 Å². The molecule has 0 spiro atoms. The van der Waals surface area contributed by atoms with E-state index in [2.05, 4.69) is 10.0 Å². The van der Waals surface area contributed by atoms with Gasteiger partial charge < -0.3 is 4.55 Å². The SMILES string of the molecule is CCCN[CH]NS(=O)(=O)C(CCC)[S+](C)[O-]. The summed E-state index contributed by atoms with van der Waals surface area (Å²) >= 11 is -1.38. The normalized spacial score (nSPS) is 16.0. The first-order chi connectivity index (χ1) is 7.45. The van der Waals surface area contributed by atoms with Gasteiger partial charge in [0.15, 0.2) is 0 Å². The number of hydrogen-bond donors (Lipinski definition) is 2. The lowest BCUT2D eigenvalue weighted by atomic mass is 10.4. The Kier molecular flexibility index (Phi) is 8.39. The molecule has 0 aliphatic rings. The minimum absolute atomic E-state index is 0.403.